The Hall–Kier alpha value is -1.71. The van der Waals surface area contributed by atoms with Gasteiger partial charge in [0, 0.05) is 21.4 Å². The van der Waals surface area contributed by atoms with Gasteiger partial charge >= 0.3 is 5.97 Å². The van der Waals surface area contributed by atoms with Crippen molar-refractivity contribution in [3.8, 4) is 0 Å². The maximum atomic E-state index is 11.5. The van der Waals surface area contributed by atoms with E-state index in [0.29, 0.717) is 22.2 Å². The van der Waals surface area contributed by atoms with Gasteiger partial charge in [-0.3, -0.25) is 0 Å². The second-order valence-electron chi connectivity index (χ2n) is 4.08. The van der Waals surface area contributed by atoms with E-state index < -0.39 is 0 Å². The lowest BCUT2D eigenvalue weighted by atomic mass is 10.2. The van der Waals surface area contributed by atoms with E-state index in [2.05, 4.69) is 5.32 Å². The zero-order chi connectivity index (χ0) is 14.5. The van der Waals surface area contributed by atoms with Crippen LogP contribution >= 0.6 is 23.2 Å². The molecule has 0 aliphatic heterocycles. The van der Waals surface area contributed by atoms with Gasteiger partial charge in [0.2, 0.25) is 0 Å². The molecule has 0 unspecified atom stereocenters. The predicted molar refractivity (Wildman–Crippen MR) is 82.1 cm³/mol. The largest absolute Gasteiger partial charge is 0.462 e. The molecule has 0 amide bonds. The molecule has 20 heavy (non-hydrogen) atoms. The Kier molecular flexibility index (Phi) is 4.88. The van der Waals surface area contributed by atoms with Crippen LogP contribution < -0.4 is 5.32 Å². The molecule has 0 heterocycles. The molecule has 0 radical (unpaired) electrons. The third kappa shape index (κ3) is 3.89. The molecular weight excluding hydrogens is 297 g/mol. The first-order valence-electron chi connectivity index (χ1n) is 6.09. The van der Waals surface area contributed by atoms with Gasteiger partial charge in [0.15, 0.2) is 0 Å². The van der Waals surface area contributed by atoms with Crippen molar-refractivity contribution in [3.63, 3.8) is 0 Å². The molecule has 0 fully saturated rings. The monoisotopic (exact) mass is 309 g/mol. The van der Waals surface area contributed by atoms with E-state index in [9.17, 15) is 4.79 Å². The molecule has 2 rings (SSSR count). The minimum Gasteiger partial charge on any atom is -0.462 e. The molecule has 0 saturated carbocycles. The SMILES string of the molecule is CCOC(=O)c1ccc(Nc2cc(Cl)cc(Cl)c2)cc1. The number of halogens is 2. The normalized spacial score (nSPS) is 10.2. The number of benzene rings is 2. The minimum atomic E-state index is -0.329. The highest BCUT2D eigenvalue weighted by atomic mass is 35.5. The van der Waals surface area contributed by atoms with Gasteiger partial charge in [-0.1, -0.05) is 23.2 Å². The van der Waals surface area contributed by atoms with Crippen molar-refractivity contribution in [1.82, 2.24) is 0 Å². The summed E-state index contributed by atoms with van der Waals surface area (Å²) < 4.78 is 4.92. The highest BCUT2D eigenvalue weighted by molar-refractivity contribution is 6.35. The summed E-state index contributed by atoms with van der Waals surface area (Å²) >= 11 is 11.9. The highest BCUT2D eigenvalue weighted by Gasteiger charge is 2.06. The van der Waals surface area contributed by atoms with Crippen LogP contribution in [-0.2, 0) is 4.74 Å². The lowest BCUT2D eigenvalue weighted by Gasteiger charge is -2.08. The number of hydrogen-bond acceptors (Lipinski definition) is 3. The first-order chi connectivity index (χ1) is 9.58. The van der Waals surface area contributed by atoms with Gasteiger partial charge < -0.3 is 10.1 Å². The Labute approximate surface area is 127 Å². The fraction of sp³-hybridized carbons (Fsp3) is 0.133. The fourth-order valence-corrected chi connectivity index (χ4v) is 2.22. The van der Waals surface area contributed by atoms with Gasteiger partial charge in [0.05, 0.1) is 12.2 Å². The molecule has 0 bridgehead atoms. The van der Waals surface area contributed by atoms with Gasteiger partial charge in [-0.05, 0) is 49.4 Å². The Morgan fingerprint density at radius 1 is 1.05 bits per heavy atom. The summed E-state index contributed by atoms with van der Waals surface area (Å²) in [6, 6.07) is 12.2. The Bertz CT molecular complexity index is 592. The number of carbonyl (C=O) groups is 1. The number of rotatable bonds is 4. The maximum absolute atomic E-state index is 11.5. The topological polar surface area (TPSA) is 38.3 Å². The van der Waals surface area contributed by atoms with E-state index in [1.54, 1.807) is 49.4 Å². The summed E-state index contributed by atoms with van der Waals surface area (Å²) in [5.74, 6) is -0.329. The van der Waals surface area contributed by atoms with Crippen molar-refractivity contribution in [3.05, 3.63) is 58.1 Å². The Morgan fingerprint density at radius 2 is 1.65 bits per heavy atom. The number of anilines is 2. The van der Waals surface area contributed by atoms with Crippen molar-refractivity contribution < 1.29 is 9.53 Å². The lowest BCUT2D eigenvalue weighted by molar-refractivity contribution is 0.0526. The van der Waals surface area contributed by atoms with E-state index in [4.69, 9.17) is 27.9 Å². The minimum absolute atomic E-state index is 0.329. The first kappa shape index (κ1) is 14.7. The van der Waals surface area contributed by atoms with Crippen molar-refractivity contribution in [2.75, 3.05) is 11.9 Å². The van der Waals surface area contributed by atoms with Crippen LogP contribution in [0, 0.1) is 0 Å². The quantitative estimate of drug-likeness (QED) is 0.815. The average Bonchev–Trinajstić information content (AvgIpc) is 2.38. The molecule has 0 atom stereocenters. The van der Waals surface area contributed by atoms with E-state index in [1.807, 2.05) is 0 Å². The van der Waals surface area contributed by atoms with Crippen molar-refractivity contribution in [1.29, 1.82) is 0 Å². The number of nitrogens with one attached hydrogen (secondary N) is 1. The van der Waals surface area contributed by atoms with E-state index in [-0.39, 0.29) is 5.97 Å². The molecule has 2 aromatic rings. The van der Waals surface area contributed by atoms with Gasteiger partial charge in [-0.2, -0.15) is 0 Å². The first-order valence-corrected chi connectivity index (χ1v) is 6.84. The standard InChI is InChI=1S/C15H13Cl2NO2/c1-2-20-15(19)10-3-5-13(6-4-10)18-14-8-11(16)7-12(17)9-14/h3-9,18H,2H2,1H3. The Balaban J connectivity index is 2.12. The smallest absolute Gasteiger partial charge is 0.338 e. The maximum Gasteiger partial charge on any atom is 0.338 e. The van der Waals surface area contributed by atoms with E-state index in [1.165, 1.54) is 0 Å². The highest BCUT2D eigenvalue weighted by Crippen LogP contribution is 2.25. The Morgan fingerprint density at radius 3 is 2.20 bits per heavy atom. The number of ether oxygens (including phenoxy) is 1. The van der Waals surface area contributed by atoms with Crippen LogP contribution in [0.3, 0.4) is 0 Å². The van der Waals surface area contributed by atoms with E-state index in [0.717, 1.165) is 11.4 Å². The third-order valence-corrected chi connectivity index (χ3v) is 2.98. The summed E-state index contributed by atoms with van der Waals surface area (Å²) in [5, 5.41) is 4.28. The summed E-state index contributed by atoms with van der Waals surface area (Å²) in [5.41, 5.74) is 2.13. The van der Waals surface area contributed by atoms with Crippen molar-refractivity contribution in [2.24, 2.45) is 0 Å². The summed E-state index contributed by atoms with van der Waals surface area (Å²) in [4.78, 5) is 11.5. The van der Waals surface area contributed by atoms with Gasteiger partial charge in [-0.25, -0.2) is 4.79 Å². The van der Waals surface area contributed by atoms with Crippen LogP contribution in [-0.4, -0.2) is 12.6 Å². The van der Waals surface area contributed by atoms with Gasteiger partial charge in [0.25, 0.3) is 0 Å². The summed E-state index contributed by atoms with van der Waals surface area (Å²) in [6.45, 7) is 2.14. The van der Waals surface area contributed by atoms with Crippen LogP contribution in [0.5, 0.6) is 0 Å². The molecule has 0 spiro atoms. The number of esters is 1. The van der Waals surface area contributed by atoms with Crippen LogP contribution in [0.1, 0.15) is 17.3 Å². The van der Waals surface area contributed by atoms with Crippen molar-refractivity contribution in [2.45, 2.75) is 6.92 Å². The molecular formula is C15H13Cl2NO2. The van der Waals surface area contributed by atoms with Gasteiger partial charge in [-0.15, -0.1) is 0 Å². The predicted octanol–water partition coefficient (Wildman–Crippen LogP) is 4.91. The molecule has 104 valence electrons. The molecule has 0 saturated heterocycles. The van der Waals surface area contributed by atoms with Gasteiger partial charge in [0.1, 0.15) is 0 Å². The zero-order valence-corrected chi connectivity index (χ0v) is 12.3. The molecule has 3 nitrogen and oxygen atoms in total. The van der Waals surface area contributed by atoms with Crippen LogP contribution in [0.4, 0.5) is 11.4 Å². The van der Waals surface area contributed by atoms with Crippen LogP contribution in [0.2, 0.25) is 10.0 Å². The number of carbonyl (C=O) groups excluding carboxylic acids is 1. The number of hydrogen-bond donors (Lipinski definition) is 1. The van der Waals surface area contributed by atoms with E-state index >= 15 is 0 Å². The molecule has 0 aliphatic rings. The summed E-state index contributed by atoms with van der Waals surface area (Å²) in [7, 11) is 0. The average molecular weight is 310 g/mol. The van der Waals surface area contributed by atoms with Crippen molar-refractivity contribution >= 4 is 40.5 Å². The third-order valence-electron chi connectivity index (χ3n) is 2.55. The molecule has 5 heteroatoms. The fourth-order valence-electron chi connectivity index (χ4n) is 1.70. The molecule has 0 aromatic heterocycles. The molecule has 2 aromatic carbocycles. The molecule has 0 aliphatic carbocycles. The summed E-state index contributed by atoms with van der Waals surface area (Å²) in [6.07, 6.45) is 0. The lowest BCUT2D eigenvalue weighted by Crippen LogP contribution is -2.04. The zero-order valence-electron chi connectivity index (χ0n) is 10.8. The molecule has 1 N–H and O–H groups in total. The van der Waals surface area contributed by atoms with Crippen LogP contribution in [0.25, 0.3) is 0 Å². The second-order valence-corrected chi connectivity index (χ2v) is 4.95. The second kappa shape index (κ2) is 6.64. The van der Waals surface area contributed by atoms with Crippen LogP contribution in [0.15, 0.2) is 42.5 Å².